The maximum absolute atomic E-state index is 12.2. The van der Waals surface area contributed by atoms with Gasteiger partial charge in [-0.15, -0.1) is 0 Å². The number of phenolic OH excluding ortho intramolecular Hbond substituents is 2. The molecule has 100 valence electrons. The molecule has 4 heteroatoms. The number of carbonyl (C=O) groups is 1. The first kappa shape index (κ1) is 12.8. The van der Waals surface area contributed by atoms with Gasteiger partial charge in [0.1, 0.15) is 11.5 Å². The lowest BCUT2D eigenvalue weighted by molar-refractivity contribution is 0.104. The molecular formula is C16H11ClO3. The monoisotopic (exact) mass is 286 g/mol. The molecule has 2 aromatic carbocycles. The van der Waals surface area contributed by atoms with E-state index in [0.29, 0.717) is 23.1 Å². The molecule has 0 heterocycles. The van der Waals surface area contributed by atoms with Gasteiger partial charge in [0, 0.05) is 23.1 Å². The number of fused-ring (bicyclic) bond motifs is 1. The van der Waals surface area contributed by atoms with Crippen molar-refractivity contribution in [2.45, 2.75) is 6.42 Å². The molecule has 0 atom stereocenters. The van der Waals surface area contributed by atoms with Crippen molar-refractivity contribution in [3.05, 3.63) is 63.7 Å². The Kier molecular flexibility index (Phi) is 2.99. The second kappa shape index (κ2) is 4.69. The summed E-state index contributed by atoms with van der Waals surface area (Å²) < 4.78 is 0. The van der Waals surface area contributed by atoms with Gasteiger partial charge in [0.2, 0.25) is 0 Å². The zero-order valence-electron chi connectivity index (χ0n) is 10.4. The minimum atomic E-state index is -0.0832. The molecule has 3 rings (SSSR count). The van der Waals surface area contributed by atoms with Crippen LogP contribution in [0.15, 0.2) is 42.0 Å². The summed E-state index contributed by atoms with van der Waals surface area (Å²) in [6.07, 6.45) is 2.13. The van der Waals surface area contributed by atoms with E-state index in [-0.39, 0.29) is 22.3 Å². The number of aromatic hydroxyl groups is 2. The lowest BCUT2D eigenvalue weighted by atomic mass is 10.1. The number of ketones is 1. The van der Waals surface area contributed by atoms with Crippen molar-refractivity contribution in [3.63, 3.8) is 0 Å². The molecule has 0 radical (unpaired) electrons. The summed E-state index contributed by atoms with van der Waals surface area (Å²) in [5, 5.41) is 19.4. The van der Waals surface area contributed by atoms with Crippen LogP contribution >= 0.6 is 11.6 Å². The summed E-state index contributed by atoms with van der Waals surface area (Å²) in [6.45, 7) is 0. The van der Waals surface area contributed by atoms with Gasteiger partial charge in [0.05, 0.1) is 5.02 Å². The molecule has 0 aromatic heterocycles. The van der Waals surface area contributed by atoms with Crippen molar-refractivity contribution in [2.24, 2.45) is 0 Å². The van der Waals surface area contributed by atoms with E-state index in [1.54, 1.807) is 36.4 Å². The van der Waals surface area contributed by atoms with Gasteiger partial charge in [0.25, 0.3) is 0 Å². The number of benzene rings is 2. The van der Waals surface area contributed by atoms with Gasteiger partial charge in [-0.3, -0.25) is 4.79 Å². The van der Waals surface area contributed by atoms with Crippen LogP contribution < -0.4 is 0 Å². The van der Waals surface area contributed by atoms with Gasteiger partial charge < -0.3 is 10.2 Å². The number of phenols is 2. The molecule has 0 aliphatic heterocycles. The highest BCUT2D eigenvalue weighted by Crippen LogP contribution is 2.34. The molecular weight excluding hydrogens is 276 g/mol. The fourth-order valence-corrected chi connectivity index (χ4v) is 2.54. The molecule has 1 aliphatic rings. The Hall–Kier alpha value is -2.26. The Labute approximate surface area is 120 Å². The fourth-order valence-electron chi connectivity index (χ4n) is 2.35. The third-order valence-corrected chi connectivity index (χ3v) is 3.67. The van der Waals surface area contributed by atoms with E-state index in [1.165, 1.54) is 6.07 Å². The maximum atomic E-state index is 12.2. The summed E-state index contributed by atoms with van der Waals surface area (Å²) in [4.78, 5) is 12.2. The summed E-state index contributed by atoms with van der Waals surface area (Å²) >= 11 is 5.85. The molecule has 0 saturated carbocycles. The molecule has 0 amide bonds. The molecule has 0 saturated heterocycles. The number of hydrogen-bond donors (Lipinski definition) is 2. The number of hydrogen-bond acceptors (Lipinski definition) is 3. The van der Waals surface area contributed by atoms with Gasteiger partial charge in [0.15, 0.2) is 5.78 Å². The maximum Gasteiger partial charge on any atom is 0.189 e. The minimum Gasteiger partial charge on any atom is -0.508 e. The van der Waals surface area contributed by atoms with Crippen molar-refractivity contribution in [1.82, 2.24) is 0 Å². The first-order valence-corrected chi connectivity index (χ1v) is 6.48. The van der Waals surface area contributed by atoms with Gasteiger partial charge in [-0.2, -0.15) is 0 Å². The van der Waals surface area contributed by atoms with E-state index in [4.69, 9.17) is 11.6 Å². The third kappa shape index (κ3) is 2.06. The van der Waals surface area contributed by atoms with Crippen LogP contribution in [0.25, 0.3) is 6.08 Å². The molecule has 2 aromatic rings. The summed E-state index contributed by atoms with van der Waals surface area (Å²) in [5.74, 6) is 0.0654. The number of allylic oxidation sites excluding steroid dienone is 1. The predicted molar refractivity (Wildman–Crippen MR) is 77.2 cm³/mol. The Bertz CT molecular complexity index is 747. The van der Waals surface area contributed by atoms with Crippen molar-refractivity contribution in [2.75, 3.05) is 0 Å². The second-order valence-corrected chi connectivity index (χ2v) is 5.10. The second-order valence-electron chi connectivity index (χ2n) is 4.69. The molecule has 0 spiro atoms. The van der Waals surface area contributed by atoms with Crippen LogP contribution in [-0.2, 0) is 6.42 Å². The number of Topliss-reactive ketones (excluding diaryl/α,β-unsaturated/α-hetero) is 1. The molecule has 0 unspecified atom stereocenters. The Balaban J connectivity index is 2.01. The molecule has 0 fully saturated rings. The van der Waals surface area contributed by atoms with E-state index in [2.05, 4.69) is 0 Å². The largest absolute Gasteiger partial charge is 0.508 e. The lowest BCUT2D eigenvalue weighted by Crippen LogP contribution is -1.94. The molecule has 1 aliphatic carbocycles. The normalized spacial score (nSPS) is 15.7. The van der Waals surface area contributed by atoms with Gasteiger partial charge in [-0.25, -0.2) is 0 Å². The Morgan fingerprint density at radius 1 is 1.10 bits per heavy atom. The van der Waals surface area contributed by atoms with E-state index in [1.807, 2.05) is 0 Å². The van der Waals surface area contributed by atoms with Crippen LogP contribution in [0.2, 0.25) is 5.02 Å². The van der Waals surface area contributed by atoms with E-state index in [9.17, 15) is 15.0 Å². The van der Waals surface area contributed by atoms with Gasteiger partial charge in [-0.05, 0) is 29.8 Å². The Morgan fingerprint density at radius 3 is 2.60 bits per heavy atom. The minimum absolute atomic E-state index is 0.00694. The van der Waals surface area contributed by atoms with Crippen molar-refractivity contribution in [1.29, 1.82) is 0 Å². The van der Waals surface area contributed by atoms with Gasteiger partial charge >= 0.3 is 0 Å². The highest BCUT2D eigenvalue weighted by atomic mass is 35.5. The highest BCUT2D eigenvalue weighted by molar-refractivity contribution is 6.32. The summed E-state index contributed by atoms with van der Waals surface area (Å²) in [7, 11) is 0. The van der Waals surface area contributed by atoms with Crippen LogP contribution in [0.5, 0.6) is 11.5 Å². The smallest absolute Gasteiger partial charge is 0.189 e. The molecule has 0 bridgehead atoms. The average molecular weight is 287 g/mol. The predicted octanol–water partition coefficient (Wildman–Crippen LogP) is 3.57. The van der Waals surface area contributed by atoms with E-state index in [0.717, 1.165) is 5.56 Å². The molecule has 2 N–H and O–H groups in total. The van der Waals surface area contributed by atoms with Crippen molar-refractivity contribution >= 4 is 23.5 Å². The zero-order chi connectivity index (χ0) is 14.3. The summed E-state index contributed by atoms with van der Waals surface area (Å²) in [5.41, 5.74) is 2.54. The van der Waals surface area contributed by atoms with Crippen LogP contribution in [0.1, 0.15) is 21.5 Å². The first-order valence-electron chi connectivity index (χ1n) is 6.11. The number of carbonyl (C=O) groups excluding carboxylic acids is 1. The number of rotatable bonds is 1. The molecule has 20 heavy (non-hydrogen) atoms. The fraction of sp³-hybridized carbons (Fsp3) is 0.0625. The van der Waals surface area contributed by atoms with Crippen molar-refractivity contribution in [3.8, 4) is 11.5 Å². The van der Waals surface area contributed by atoms with E-state index >= 15 is 0 Å². The quantitative estimate of drug-likeness (QED) is 0.788. The first-order chi connectivity index (χ1) is 9.56. The van der Waals surface area contributed by atoms with Crippen LogP contribution in [0.4, 0.5) is 0 Å². The van der Waals surface area contributed by atoms with Crippen LogP contribution in [0, 0.1) is 0 Å². The zero-order valence-corrected chi connectivity index (χ0v) is 11.2. The van der Waals surface area contributed by atoms with E-state index < -0.39 is 0 Å². The van der Waals surface area contributed by atoms with Crippen LogP contribution in [0.3, 0.4) is 0 Å². The number of halogens is 1. The standard InChI is InChI=1S/C16H11ClO3/c17-13-7-9(4-5-15(13)19)6-10-8-12-11(16(10)20)2-1-3-14(12)18/h1-7,18-19H,8H2. The lowest BCUT2D eigenvalue weighted by Gasteiger charge is -2.00. The highest BCUT2D eigenvalue weighted by Gasteiger charge is 2.26. The van der Waals surface area contributed by atoms with Gasteiger partial charge in [-0.1, -0.05) is 29.8 Å². The third-order valence-electron chi connectivity index (χ3n) is 3.37. The average Bonchev–Trinajstić information content (AvgIpc) is 2.73. The van der Waals surface area contributed by atoms with Crippen molar-refractivity contribution < 1.29 is 15.0 Å². The topological polar surface area (TPSA) is 57.5 Å². The van der Waals surface area contributed by atoms with Crippen LogP contribution in [-0.4, -0.2) is 16.0 Å². The molecule has 3 nitrogen and oxygen atoms in total. The Morgan fingerprint density at radius 2 is 1.90 bits per heavy atom. The summed E-state index contributed by atoms with van der Waals surface area (Å²) in [6, 6.07) is 9.71. The SMILES string of the molecule is O=C1C(=Cc2ccc(O)c(Cl)c2)Cc2c(O)cccc21.